The number of guanidine groups is 1. The third kappa shape index (κ3) is 7.90. The van der Waals surface area contributed by atoms with Crippen molar-refractivity contribution in [1.29, 1.82) is 0 Å². The van der Waals surface area contributed by atoms with Crippen LogP contribution in [0.3, 0.4) is 0 Å². The van der Waals surface area contributed by atoms with Crippen LogP contribution in [0.15, 0.2) is 47.6 Å². The topological polar surface area (TPSA) is 69.6 Å². The van der Waals surface area contributed by atoms with Gasteiger partial charge in [0, 0.05) is 39.8 Å². The molecule has 0 radical (unpaired) electrons. The lowest BCUT2D eigenvalue weighted by Gasteiger charge is -2.22. The fourth-order valence-electron chi connectivity index (χ4n) is 2.40. The number of carbonyl (C=O) groups excluding carboxylic acids is 1. The van der Waals surface area contributed by atoms with Crippen LogP contribution in [0.5, 0.6) is 0 Å². The molecule has 0 aliphatic carbocycles. The van der Waals surface area contributed by atoms with Crippen LogP contribution in [0.2, 0.25) is 0 Å². The Hall–Kier alpha value is -2.23. The molecule has 0 unspecified atom stereocenters. The lowest BCUT2D eigenvalue weighted by molar-refractivity contribution is -0.116. The summed E-state index contributed by atoms with van der Waals surface area (Å²) in [5.41, 5.74) is 1.88. The van der Waals surface area contributed by atoms with E-state index in [4.69, 9.17) is 0 Å². The first-order valence-corrected chi connectivity index (χ1v) is 8.36. The van der Waals surface area contributed by atoms with Gasteiger partial charge in [0.25, 0.3) is 0 Å². The van der Waals surface area contributed by atoms with Crippen molar-refractivity contribution in [3.05, 3.63) is 59.5 Å². The zero-order valence-electron chi connectivity index (χ0n) is 15.7. The summed E-state index contributed by atoms with van der Waals surface area (Å²) in [6.07, 6.45) is 1.99. The molecule has 2 rings (SSSR count). The van der Waals surface area contributed by atoms with Crippen LogP contribution in [0.1, 0.15) is 17.5 Å². The van der Waals surface area contributed by atoms with E-state index in [-0.39, 0.29) is 42.1 Å². The van der Waals surface area contributed by atoms with Crippen molar-refractivity contribution in [3.8, 4) is 0 Å². The van der Waals surface area contributed by atoms with E-state index in [1.54, 1.807) is 25.4 Å². The van der Waals surface area contributed by atoms with Gasteiger partial charge in [0.05, 0.1) is 0 Å². The summed E-state index contributed by atoms with van der Waals surface area (Å²) < 4.78 is 13.3. The second-order valence-corrected chi connectivity index (χ2v) is 5.98. The first-order chi connectivity index (χ1) is 12.5. The minimum absolute atomic E-state index is 0. The Labute approximate surface area is 176 Å². The van der Waals surface area contributed by atoms with Crippen molar-refractivity contribution >= 4 is 41.7 Å². The highest BCUT2D eigenvalue weighted by atomic mass is 127. The predicted molar refractivity (Wildman–Crippen MR) is 117 cm³/mol. The molecule has 6 nitrogen and oxygen atoms in total. The second kappa shape index (κ2) is 11.5. The third-order valence-electron chi connectivity index (χ3n) is 3.70. The Bertz CT molecular complexity index is 767. The number of halogens is 2. The van der Waals surface area contributed by atoms with E-state index in [1.165, 1.54) is 12.1 Å². The van der Waals surface area contributed by atoms with Crippen molar-refractivity contribution in [2.24, 2.45) is 4.99 Å². The van der Waals surface area contributed by atoms with Crippen molar-refractivity contribution in [2.75, 3.05) is 26.0 Å². The maximum absolute atomic E-state index is 13.3. The molecule has 8 heteroatoms. The molecular weight excluding hydrogens is 460 g/mol. The van der Waals surface area contributed by atoms with Crippen molar-refractivity contribution in [3.63, 3.8) is 0 Å². The number of carbonyl (C=O) groups is 1. The van der Waals surface area contributed by atoms with Crippen LogP contribution in [0.25, 0.3) is 0 Å². The van der Waals surface area contributed by atoms with E-state index in [9.17, 15) is 9.18 Å². The van der Waals surface area contributed by atoms with E-state index in [0.717, 1.165) is 11.1 Å². The number of nitrogens with one attached hydrogen (secondary N) is 2. The Kier molecular flexibility index (Phi) is 9.70. The lowest BCUT2D eigenvalue weighted by atomic mass is 10.2. The molecule has 1 amide bonds. The van der Waals surface area contributed by atoms with E-state index in [2.05, 4.69) is 20.6 Å². The van der Waals surface area contributed by atoms with Gasteiger partial charge < -0.3 is 15.5 Å². The monoisotopic (exact) mass is 485 g/mol. The van der Waals surface area contributed by atoms with Gasteiger partial charge in [0.2, 0.25) is 5.91 Å². The molecule has 27 heavy (non-hydrogen) atoms. The summed E-state index contributed by atoms with van der Waals surface area (Å²) >= 11 is 0. The van der Waals surface area contributed by atoms with Gasteiger partial charge in [0.1, 0.15) is 11.6 Å². The average Bonchev–Trinajstić information content (AvgIpc) is 2.60. The molecule has 146 valence electrons. The van der Waals surface area contributed by atoms with Gasteiger partial charge in [-0.15, -0.1) is 24.0 Å². The fraction of sp³-hybridized carbons (Fsp3) is 0.316. The molecule has 0 atom stereocenters. The maximum atomic E-state index is 13.3. The largest absolute Gasteiger partial charge is 0.356 e. The van der Waals surface area contributed by atoms with Crippen LogP contribution < -0.4 is 10.6 Å². The molecule has 0 bridgehead atoms. The van der Waals surface area contributed by atoms with Gasteiger partial charge in [-0.05, 0) is 36.2 Å². The van der Waals surface area contributed by atoms with Gasteiger partial charge in [0.15, 0.2) is 5.96 Å². The highest BCUT2D eigenvalue weighted by molar-refractivity contribution is 14.0. The first kappa shape index (κ1) is 22.8. The summed E-state index contributed by atoms with van der Waals surface area (Å²) in [5, 5.41) is 5.88. The normalized spacial score (nSPS) is 10.7. The Morgan fingerprint density at radius 2 is 2.07 bits per heavy atom. The fourth-order valence-corrected chi connectivity index (χ4v) is 2.40. The number of hydrogen-bond donors (Lipinski definition) is 2. The number of pyridine rings is 1. The molecule has 2 aromatic rings. The van der Waals surface area contributed by atoms with E-state index >= 15 is 0 Å². The van der Waals surface area contributed by atoms with E-state index < -0.39 is 0 Å². The standard InChI is InChI=1S/C19H24FN5O.HI/c1-14-7-8-17(23-12-14)24-18(26)9-10-22-19(21-2)25(3)13-15-5-4-6-16(20)11-15;/h4-8,11-12H,9-10,13H2,1-3H3,(H,21,22)(H,23,24,26);1H. The Morgan fingerprint density at radius 3 is 2.70 bits per heavy atom. The molecule has 0 saturated carbocycles. The summed E-state index contributed by atoms with van der Waals surface area (Å²) in [5.74, 6) is 0.779. The number of aryl methyl sites for hydroxylation is 1. The number of benzene rings is 1. The second-order valence-electron chi connectivity index (χ2n) is 5.98. The number of aliphatic imine (C=N–C) groups is 1. The molecule has 0 saturated heterocycles. The smallest absolute Gasteiger partial charge is 0.227 e. The molecule has 1 heterocycles. The molecule has 0 aliphatic rings. The number of anilines is 1. The highest BCUT2D eigenvalue weighted by Crippen LogP contribution is 2.07. The van der Waals surface area contributed by atoms with Gasteiger partial charge in [-0.2, -0.15) is 0 Å². The quantitative estimate of drug-likeness (QED) is 0.375. The molecule has 1 aromatic carbocycles. The number of nitrogens with zero attached hydrogens (tertiary/aromatic N) is 3. The predicted octanol–water partition coefficient (Wildman–Crippen LogP) is 3.18. The lowest BCUT2D eigenvalue weighted by Crippen LogP contribution is -2.39. The zero-order valence-corrected chi connectivity index (χ0v) is 18.0. The molecule has 0 fully saturated rings. The average molecular weight is 485 g/mol. The van der Waals surface area contributed by atoms with Gasteiger partial charge in [-0.3, -0.25) is 9.79 Å². The number of amides is 1. The van der Waals surface area contributed by atoms with Gasteiger partial charge in [-0.25, -0.2) is 9.37 Å². The molecule has 0 aliphatic heterocycles. The minimum atomic E-state index is -0.264. The van der Waals surface area contributed by atoms with Crippen molar-refractivity contribution < 1.29 is 9.18 Å². The van der Waals surface area contributed by atoms with Crippen molar-refractivity contribution in [1.82, 2.24) is 15.2 Å². The van der Waals surface area contributed by atoms with Gasteiger partial charge in [-0.1, -0.05) is 18.2 Å². The molecule has 0 spiro atoms. The van der Waals surface area contributed by atoms with Crippen LogP contribution >= 0.6 is 24.0 Å². The maximum Gasteiger partial charge on any atom is 0.227 e. The minimum Gasteiger partial charge on any atom is -0.356 e. The number of rotatable bonds is 6. The van der Waals surface area contributed by atoms with Gasteiger partial charge >= 0.3 is 0 Å². The van der Waals surface area contributed by atoms with Crippen LogP contribution in [0.4, 0.5) is 10.2 Å². The molecule has 1 aromatic heterocycles. The SMILES string of the molecule is CN=C(NCCC(=O)Nc1ccc(C)cn1)N(C)Cc1cccc(F)c1.I. The summed E-state index contributed by atoms with van der Waals surface area (Å²) in [7, 11) is 3.53. The van der Waals surface area contributed by atoms with Crippen LogP contribution in [-0.2, 0) is 11.3 Å². The molecular formula is C19H25FIN5O. The summed E-state index contributed by atoms with van der Waals surface area (Å²) in [6, 6.07) is 10.1. The Morgan fingerprint density at radius 1 is 1.30 bits per heavy atom. The molecule has 2 N–H and O–H groups in total. The Balaban J connectivity index is 0.00000364. The van der Waals surface area contributed by atoms with Crippen LogP contribution in [0, 0.1) is 12.7 Å². The zero-order chi connectivity index (χ0) is 18.9. The highest BCUT2D eigenvalue weighted by Gasteiger charge is 2.08. The summed E-state index contributed by atoms with van der Waals surface area (Å²) in [4.78, 5) is 22.2. The van der Waals surface area contributed by atoms with Crippen LogP contribution in [-0.4, -0.2) is 42.4 Å². The number of aromatic nitrogens is 1. The van der Waals surface area contributed by atoms with Crippen molar-refractivity contribution in [2.45, 2.75) is 19.9 Å². The number of hydrogen-bond acceptors (Lipinski definition) is 3. The van der Waals surface area contributed by atoms with E-state index in [1.807, 2.05) is 31.0 Å². The van der Waals surface area contributed by atoms with E-state index in [0.29, 0.717) is 24.9 Å². The first-order valence-electron chi connectivity index (χ1n) is 8.36. The summed E-state index contributed by atoms with van der Waals surface area (Å²) in [6.45, 7) is 2.88. The third-order valence-corrected chi connectivity index (χ3v) is 3.70.